The van der Waals surface area contributed by atoms with E-state index in [4.69, 9.17) is 112 Å². The summed E-state index contributed by atoms with van der Waals surface area (Å²) in [5.41, 5.74) is -5.92. The van der Waals surface area contributed by atoms with E-state index in [0.29, 0.717) is 4.90 Å². The van der Waals surface area contributed by atoms with Gasteiger partial charge in [0, 0.05) is 126 Å². The molecule has 0 saturated carbocycles. The van der Waals surface area contributed by atoms with E-state index < -0.39 is 292 Å². The number of thiophene rings is 4. The molecule has 0 aliphatic carbocycles. The summed E-state index contributed by atoms with van der Waals surface area (Å²) in [6, 6.07) is -17.2. The topological polar surface area (TPSA) is 259 Å². The van der Waals surface area contributed by atoms with E-state index >= 15 is 0 Å². The van der Waals surface area contributed by atoms with Crippen LogP contribution in [0.15, 0.2) is 122 Å². The normalized spacial score (nSPS) is 26.6. The summed E-state index contributed by atoms with van der Waals surface area (Å²) in [5.74, 6) is -7.33. The maximum atomic E-state index is 14.3. The van der Waals surface area contributed by atoms with Crippen molar-refractivity contribution in [2.75, 3.05) is 73.6 Å². The first-order valence-electron chi connectivity index (χ1n) is 52.5. The summed E-state index contributed by atoms with van der Waals surface area (Å²) in [6.07, 6.45) is -18.7. The minimum atomic E-state index is -3.18. The van der Waals surface area contributed by atoms with Gasteiger partial charge in [0.25, 0.3) is 0 Å². The number of benzene rings is 4. The first-order chi connectivity index (χ1) is 70.1. The van der Waals surface area contributed by atoms with Crippen molar-refractivity contribution in [3.8, 4) is 24.3 Å². The lowest BCUT2D eigenvalue weighted by atomic mass is 10.0. The summed E-state index contributed by atoms with van der Waals surface area (Å²) < 4.78 is 425. The molecule has 108 heavy (non-hydrogen) atoms. The maximum Gasteiger partial charge on any atom is 0.162 e. The minimum Gasteiger partial charge on any atom is -0.367 e. The fourth-order valence-corrected chi connectivity index (χ4v) is 13.4. The van der Waals surface area contributed by atoms with Gasteiger partial charge in [-0.2, -0.15) is 21.0 Å². The molecule has 4 saturated heterocycles. The number of nitrogens with one attached hydrogen (secondary N) is 4. The standard InChI is InChI=1S/4C19H17ClFN5S/c4*20-17-8-15-18(23-11-24-19(15)27-17)25-14-3-5-26(6-4-14)10-12-1-2-16(21)13(7-12)9-22/h4*1-2,7-8,11,14H,3-6,10H2,(H,23,24,25)/i1D,2D,3D2,4D2,7D,8D,10D2,11D,14D;1D,2D,3D2,4D2,7D,8D,10D,11D,14D;1D,2D,3D2,4D2,7D,8D,10D,14D;1D,2D,7D,8D,10D,11D,14D/hD4. The molecule has 4 aromatic carbocycles. The molecule has 552 valence electrons. The Labute approximate surface area is 718 Å². The second kappa shape index (κ2) is 36.4. The largest absolute Gasteiger partial charge is 0.367 e. The van der Waals surface area contributed by atoms with Gasteiger partial charge in [-0.1, -0.05) is 70.6 Å². The fourth-order valence-electron chi connectivity index (χ4n) is 9.50. The highest BCUT2D eigenvalue weighted by Crippen LogP contribution is 2.37. The highest BCUT2D eigenvalue weighted by Gasteiger charge is 2.27. The van der Waals surface area contributed by atoms with Crippen molar-refractivity contribution in [1.82, 2.24) is 59.5 Å². The Morgan fingerprint density at radius 3 is 1.04 bits per heavy atom. The van der Waals surface area contributed by atoms with Gasteiger partial charge in [-0.05, 0) is 146 Å². The van der Waals surface area contributed by atoms with Gasteiger partial charge in [0.15, 0.2) is 5.65 Å². The molecule has 16 rings (SSSR count). The van der Waals surface area contributed by atoms with E-state index in [2.05, 4.69) is 39.9 Å². The Hall–Kier alpha value is -9.08. The second-order valence-corrected chi connectivity index (χ2v) is 27.9. The molecular weight excluding hydrogens is 1540 g/mol. The van der Waals surface area contributed by atoms with Crippen molar-refractivity contribution in [3.05, 3.63) is 207 Å². The van der Waals surface area contributed by atoms with Crippen LogP contribution in [0.5, 0.6) is 0 Å². The summed E-state index contributed by atoms with van der Waals surface area (Å²) in [4.78, 5) is 35.1. The van der Waals surface area contributed by atoms with Crippen molar-refractivity contribution >= 4 is 156 Å². The molecule has 3 unspecified atom stereocenters. The average molecular weight is 1650 g/mol. The number of piperidine rings is 4. The Balaban J connectivity index is 0.000000169. The zero-order chi connectivity index (χ0) is 114. The highest BCUT2D eigenvalue weighted by molar-refractivity contribution is 7.23. The monoisotopic (exact) mass is 1650 g/mol. The van der Waals surface area contributed by atoms with Gasteiger partial charge >= 0.3 is 0 Å². The number of likely N-dealkylation sites (tertiary alicyclic amines) is 4. The van der Waals surface area contributed by atoms with Crippen LogP contribution in [0.1, 0.15) is 150 Å². The number of nitriles is 4. The van der Waals surface area contributed by atoms with Crippen molar-refractivity contribution in [2.45, 2.75) is 101 Å². The third-order valence-electron chi connectivity index (χ3n) is 14.4. The molecule has 20 nitrogen and oxygen atoms in total. The van der Waals surface area contributed by atoms with Crippen LogP contribution in [0.25, 0.3) is 40.9 Å². The number of halogens is 8. The lowest BCUT2D eigenvalue weighted by Gasteiger charge is -2.32. The molecule has 0 radical (unpaired) electrons. The number of aromatic nitrogens is 8. The second-order valence-electron chi connectivity index (χ2n) is 21.5. The molecule has 0 bridgehead atoms. The fraction of sp³-hybridized carbons (Fsp3) is 0.316. The number of hydrogen-bond acceptors (Lipinski definition) is 24. The molecule has 4 fully saturated rings. The molecule has 0 amide bonds. The van der Waals surface area contributed by atoms with E-state index in [0.717, 1.165) is 66.8 Å². The van der Waals surface area contributed by atoms with Crippen molar-refractivity contribution in [1.29, 1.82) is 21.0 Å². The number of anilines is 4. The molecule has 8 aromatic heterocycles. The molecule has 4 N–H and O–H groups in total. The molecular formula is C76H68Cl4F4N20S4. The lowest BCUT2D eigenvalue weighted by Crippen LogP contribution is -2.38. The van der Waals surface area contributed by atoms with E-state index in [-0.39, 0.29) is 142 Å². The predicted molar refractivity (Wildman–Crippen MR) is 422 cm³/mol. The minimum absolute atomic E-state index is 0.00684. The number of nitrogens with zero attached hydrogens (tertiary/aromatic N) is 16. The first-order valence-corrected chi connectivity index (χ1v) is 35.2. The van der Waals surface area contributed by atoms with Gasteiger partial charge in [0.2, 0.25) is 0 Å². The summed E-state index contributed by atoms with van der Waals surface area (Å²) in [7, 11) is 0. The number of hydrogen-bond donors (Lipinski definition) is 4. The van der Waals surface area contributed by atoms with Gasteiger partial charge in [0.1, 0.15) is 119 Å². The summed E-state index contributed by atoms with van der Waals surface area (Å²) in [5, 5.41) is 37.8. The van der Waals surface area contributed by atoms with Crippen LogP contribution in [0.4, 0.5) is 40.8 Å². The average Bonchev–Trinajstić information content (AvgIpc) is 1.02. The molecule has 4 aliphatic rings. The van der Waals surface area contributed by atoms with Crippen LogP contribution < -0.4 is 21.2 Å². The van der Waals surface area contributed by atoms with Crippen LogP contribution in [0.2, 0.25) is 23.0 Å². The van der Waals surface area contributed by atoms with Crippen molar-refractivity contribution in [2.24, 2.45) is 0 Å². The van der Waals surface area contributed by atoms with Gasteiger partial charge in [-0.3, -0.25) is 19.6 Å². The van der Waals surface area contributed by atoms with Crippen LogP contribution in [0, 0.1) is 68.6 Å². The van der Waals surface area contributed by atoms with E-state index in [1.165, 1.54) is 29.2 Å². The zero-order valence-electron chi connectivity index (χ0n) is 98.0. The first kappa shape index (κ1) is 39.5. The van der Waals surface area contributed by atoms with Crippen LogP contribution in [-0.4, -0.2) is 136 Å². The smallest absolute Gasteiger partial charge is 0.162 e. The van der Waals surface area contributed by atoms with E-state index in [1.807, 2.05) is 0 Å². The number of rotatable bonds is 16. The number of fused-ring (bicyclic) bond motifs is 4. The van der Waals surface area contributed by atoms with Crippen LogP contribution >= 0.6 is 91.8 Å². The molecule has 3 atom stereocenters. The van der Waals surface area contributed by atoms with E-state index in [9.17, 15) is 33.3 Å². The van der Waals surface area contributed by atoms with Crippen LogP contribution in [0.3, 0.4) is 0 Å². The van der Waals surface area contributed by atoms with Gasteiger partial charge in [-0.15, -0.1) is 45.3 Å². The Bertz CT molecular complexity index is 7740. The summed E-state index contributed by atoms with van der Waals surface area (Å²) >= 11 is 27.5. The SMILES string of the molecule is [2H]c1c([2H])c(C([2H])N2CC([2H])([2H])C([2H])(N([2H])c3ncnc4sc(Cl)c([2H])c34)C([2H])([2H])C2)c([2H])c(C#N)c1F.[2H]c1nc(N([2H])C2([2H])C([2H])([2H])CN(C([2H])([2H])c3c([2H])c([2H])c(F)c(C#N)c3[2H])CC2([2H])[2H])c2c([2H])c(Cl)sc2n1.[2H]c1nc(N([2H])C2([2H])C([2H])([2H])CN(C([2H])c3c([2H])c([2H])c(F)c(C#N)c3[2H])CC2([2H])[2H])c2c([2H])c(Cl)sc2n1.[2H]c1nc(N([2H])C2([2H])CCN(C([2H])c3c([2H])c([2H])c(F)c(C#N)c3[2H])CC2)c2c([2H])c(Cl)sc2n1. The van der Waals surface area contributed by atoms with Gasteiger partial charge < -0.3 is 21.2 Å². The summed E-state index contributed by atoms with van der Waals surface area (Å²) in [6.45, 7) is -13.8. The van der Waals surface area contributed by atoms with Crippen LogP contribution in [-0.2, 0) is 26.1 Å². The quantitative estimate of drug-likeness (QED) is 0.0655. The molecule has 12 heterocycles. The molecule has 32 heteroatoms. The third-order valence-corrected chi connectivity index (χ3v) is 18.8. The van der Waals surface area contributed by atoms with Crippen molar-refractivity contribution in [3.63, 3.8) is 0 Å². The van der Waals surface area contributed by atoms with E-state index in [1.54, 1.807) is 0 Å². The van der Waals surface area contributed by atoms with Crippen molar-refractivity contribution < 1.29 is 78.0 Å². The predicted octanol–water partition coefficient (Wildman–Crippen LogP) is 17.7. The Morgan fingerprint density at radius 2 is 0.694 bits per heavy atom. The maximum absolute atomic E-state index is 14.3. The van der Waals surface area contributed by atoms with Gasteiger partial charge in [0.05, 0.1) is 88.6 Å². The lowest BCUT2D eigenvalue weighted by molar-refractivity contribution is 0.211. The Kier molecular flexibility index (Phi) is 13.3. The highest BCUT2D eigenvalue weighted by atomic mass is 35.5. The Morgan fingerprint density at radius 1 is 0.407 bits per heavy atom. The third kappa shape index (κ3) is 20.0. The van der Waals surface area contributed by atoms with Gasteiger partial charge in [-0.25, -0.2) is 57.4 Å². The zero-order valence-corrected chi connectivity index (χ0v) is 60.3. The molecule has 12 aromatic rings. The molecule has 4 aliphatic heterocycles. The molecule has 0 spiro atoms.